The number of allylic oxidation sites excluding steroid dienone is 2. The maximum atomic E-state index is 13.9. The SMILES string of the molecule is O=C(N[C@@H](Cc1ccc(-c2ccc([N+](=O)[O-])cc2)cc1)C(=O)O)C1C=C(c2ccccc2)C=CC1(O)C(F)(F)F. The Kier molecular flexibility index (Phi) is 7.87. The summed E-state index contributed by atoms with van der Waals surface area (Å²) >= 11 is 0. The fraction of sp³-hybridized carbons (Fsp3) is 0.172. The van der Waals surface area contributed by atoms with E-state index in [0.717, 1.165) is 12.2 Å². The number of amides is 1. The van der Waals surface area contributed by atoms with E-state index in [2.05, 4.69) is 5.32 Å². The number of rotatable bonds is 8. The minimum absolute atomic E-state index is 0.0722. The van der Waals surface area contributed by atoms with Crippen LogP contribution in [0.4, 0.5) is 18.9 Å². The number of benzene rings is 3. The van der Waals surface area contributed by atoms with Crippen molar-refractivity contribution < 1.29 is 37.9 Å². The number of nitro groups is 1. The van der Waals surface area contributed by atoms with Crippen LogP contribution in [0.25, 0.3) is 16.7 Å². The van der Waals surface area contributed by atoms with Crippen LogP contribution in [-0.2, 0) is 16.0 Å². The number of carbonyl (C=O) groups is 2. The van der Waals surface area contributed by atoms with Crippen LogP contribution in [0.5, 0.6) is 0 Å². The van der Waals surface area contributed by atoms with Gasteiger partial charge in [0.25, 0.3) is 5.69 Å². The van der Waals surface area contributed by atoms with Gasteiger partial charge in [-0.3, -0.25) is 14.9 Å². The number of nitro benzene ring substituents is 1. The van der Waals surface area contributed by atoms with Crippen molar-refractivity contribution in [3.63, 3.8) is 0 Å². The fourth-order valence-corrected chi connectivity index (χ4v) is 4.36. The summed E-state index contributed by atoms with van der Waals surface area (Å²) in [6.45, 7) is 0. The number of halogens is 3. The van der Waals surface area contributed by atoms with Crippen LogP contribution in [0.15, 0.2) is 97.1 Å². The van der Waals surface area contributed by atoms with E-state index >= 15 is 0 Å². The first kappa shape index (κ1) is 28.2. The summed E-state index contributed by atoms with van der Waals surface area (Å²) < 4.78 is 41.7. The Balaban J connectivity index is 1.54. The molecular formula is C29H23F3N2O6. The van der Waals surface area contributed by atoms with Crippen LogP contribution in [-0.4, -0.2) is 44.8 Å². The Hall–Kier alpha value is -4.77. The van der Waals surface area contributed by atoms with Crippen molar-refractivity contribution in [3.05, 3.63) is 118 Å². The molecule has 0 heterocycles. The quantitative estimate of drug-likeness (QED) is 0.268. The van der Waals surface area contributed by atoms with Crippen molar-refractivity contribution in [2.75, 3.05) is 0 Å². The first-order valence-corrected chi connectivity index (χ1v) is 12.0. The Morgan fingerprint density at radius 2 is 1.52 bits per heavy atom. The second-order valence-corrected chi connectivity index (χ2v) is 9.23. The molecule has 0 bridgehead atoms. The van der Waals surface area contributed by atoms with Crippen LogP contribution in [0, 0.1) is 16.0 Å². The van der Waals surface area contributed by atoms with E-state index in [-0.39, 0.29) is 17.7 Å². The zero-order valence-electron chi connectivity index (χ0n) is 20.7. The number of alkyl halides is 3. The summed E-state index contributed by atoms with van der Waals surface area (Å²) in [4.78, 5) is 35.4. The van der Waals surface area contributed by atoms with Crippen molar-refractivity contribution in [2.24, 2.45) is 5.92 Å². The lowest BCUT2D eigenvalue weighted by atomic mass is 9.79. The van der Waals surface area contributed by atoms with Crippen LogP contribution in [0.2, 0.25) is 0 Å². The predicted octanol–water partition coefficient (Wildman–Crippen LogP) is 4.94. The number of hydrogen-bond donors (Lipinski definition) is 3. The Morgan fingerprint density at radius 1 is 0.950 bits per heavy atom. The van der Waals surface area contributed by atoms with Crippen LogP contribution in [0.1, 0.15) is 11.1 Å². The predicted molar refractivity (Wildman–Crippen MR) is 140 cm³/mol. The molecule has 0 aromatic heterocycles. The molecule has 4 rings (SSSR count). The highest BCUT2D eigenvalue weighted by Gasteiger charge is 2.59. The molecule has 1 aliphatic carbocycles. The molecular weight excluding hydrogens is 529 g/mol. The number of non-ortho nitro benzene ring substituents is 1. The van der Waals surface area contributed by atoms with Crippen LogP contribution >= 0.6 is 0 Å². The number of aliphatic hydroxyl groups is 1. The van der Waals surface area contributed by atoms with Crippen LogP contribution in [0.3, 0.4) is 0 Å². The molecule has 2 unspecified atom stereocenters. The molecule has 206 valence electrons. The zero-order chi connectivity index (χ0) is 29.1. The monoisotopic (exact) mass is 552 g/mol. The van der Waals surface area contributed by atoms with Crippen molar-refractivity contribution >= 4 is 23.1 Å². The largest absolute Gasteiger partial charge is 0.480 e. The van der Waals surface area contributed by atoms with Gasteiger partial charge in [0.05, 0.1) is 10.8 Å². The number of carboxylic acids is 1. The highest BCUT2D eigenvalue weighted by atomic mass is 19.4. The van der Waals surface area contributed by atoms with Crippen molar-refractivity contribution in [1.82, 2.24) is 5.32 Å². The van der Waals surface area contributed by atoms with E-state index in [1.165, 1.54) is 12.1 Å². The molecule has 0 saturated heterocycles. The molecule has 11 heteroatoms. The molecule has 8 nitrogen and oxygen atoms in total. The molecule has 3 N–H and O–H groups in total. The van der Waals surface area contributed by atoms with Crippen molar-refractivity contribution in [1.29, 1.82) is 0 Å². The third-order valence-electron chi connectivity index (χ3n) is 6.60. The smallest absolute Gasteiger partial charge is 0.421 e. The van der Waals surface area contributed by atoms with Crippen molar-refractivity contribution in [2.45, 2.75) is 24.2 Å². The molecule has 0 spiro atoms. The standard InChI is InChI=1S/C29H23F3N2O6/c30-29(31,32)28(38)15-14-22(19-4-2-1-3-5-19)17-24(28)26(35)33-25(27(36)37)16-18-6-8-20(9-7-18)21-10-12-23(13-11-21)34(39)40/h1-15,17,24-25,38H,16H2,(H,33,35)(H,36,37)/t24?,25-,28?/m0/s1. The maximum absolute atomic E-state index is 13.9. The van der Waals surface area contributed by atoms with Gasteiger partial charge in [-0.25, -0.2) is 4.79 Å². The van der Waals surface area contributed by atoms with E-state index in [4.69, 9.17) is 0 Å². The molecule has 0 saturated carbocycles. The van der Waals surface area contributed by atoms with E-state index in [0.29, 0.717) is 28.3 Å². The average Bonchev–Trinajstić information content (AvgIpc) is 2.93. The Labute approximate surface area is 226 Å². The lowest BCUT2D eigenvalue weighted by Gasteiger charge is -2.36. The molecule has 3 aromatic carbocycles. The van der Waals surface area contributed by atoms with Gasteiger partial charge in [-0.05, 0) is 46.0 Å². The number of carboxylic acid groups (broad SMARTS) is 1. The first-order valence-electron chi connectivity index (χ1n) is 12.0. The molecule has 0 aliphatic heterocycles. The van der Waals surface area contributed by atoms with E-state index in [9.17, 15) is 43.1 Å². The normalized spacial score (nSPS) is 19.4. The second-order valence-electron chi connectivity index (χ2n) is 9.23. The second kappa shape index (κ2) is 11.1. The topological polar surface area (TPSA) is 130 Å². The van der Waals surface area contributed by atoms with Gasteiger partial charge >= 0.3 is 12.1 Å². The summed E-state index contributed by atoms with van der Waals surface area (Å²) in [6.07, 6.45) is -2.89. The van der Waals surface area contributed by atoms with Gasteiger partial charge in [-0.1, -0.05) is 66.7 Å². The number of nitrogens with one attached hydrogen (secondary N) is 1. The van der Waals surface area contributed by atoms with Crippen LogP contribution < -0.4 is 5.32 Å². The summed E-state index contributed by atoms with van der Waals surface area (Å²) in [6, 6.07) is 19.0. The Bertz CT molecular complexity index is 1470. The number of carbonyl (C=O) groups excluding carboxylic acids is 1. The van der Waals surface area contributed by atoms with Gasteiger partial charge in [0, 0.05) is 18.6 Å². The lowest BCUT2D eigenvalue weighted by molar-refractivity contribution is -0.384. The molecule has 0 fully saturated rings. The van der Waals surface area contributed by atoms with E-state index < -0.39 is 40.5 Å². The van der Waals surface area contributed by atoms with Gasteiger partial charge in [0.15, 0.2) is 5.60 Å². The van der Waals surface area contributed by atoms with E-state index in [1.807, 2.05) is 0 Å². The number of aliphatic carboxylic acids is 1. The highest BCUT2D eigenvalue weighted by Crippen LogP contribution is 2.42. The maximum Gasteiger partial charge on any atom is 0.421 e. The summed E-state index contributed by atoms with van der Waals surface area (Å²) in [5.41, 5.74) is -0.988. The van der Waals surface area contributed by atoms with Gasteiger partial charge in [-0.15, -0.1) is 0 Å². The number of nitrogens with zero attached hydrogens (tertiary/aromatic N) is 1. The number of hydrogen-bond acceptors (Lipinski definition) is 5. The molecule has 0 radical (unpaired) electrons. The Morgan fingerprint density at radius 3 is 2.05 bits per heavy atom. The van der Waals surface area contributed by atoms with Gasteiger partial charge in [0.2, 0.25) is 5.91 Å². The molecule has 1 amide bonds. The lowest BCUT2D eigenvalue weighted by Crippen LogP contribution is -2.57. The van der Waals surface area contributed by atoms with Gasteiger partial charge < -0.3 is 15.5 Å². The summed E-state index contributed by atoms with van der Waals surface area (Å²) in [7, 11) is 0. The molecule has 3 aromatic rings. The molecule has 40 heavy (non-hydrogen) atoms. The third kappa shape index (κ3) is 5.94. The molecule has 3 atom stereocenters. The minimum atomic E-state index is -5.21. The first-order chi connectivity index (χ1) is 18.9. The summed E-state index contributed by atoms with van der Waals surface area (Å²) in [5.74, 6) is -4.91. The zero-order valence-corrected chi connectivity index (χ0v) is 20.7. The minimum Gasteiger partial charge on any atom is -0.480 e. The third-order valence-corrected chi connectivity index (χ3v) is 6.60. The molecule has 1 aliphatic rings. The van der Waals surface area contributed by atoms with Gasteiger partial charge in [0.1, 0.15) is 6.04 Å². The van der Waals surface area contributed by atoms with E-state index in [1.54, 1.807) is 66.7 Å². The highest BCUT2D eigenvalue weighted by molar-refractivity contribution is 5.91. The summed E-state index contributed by atoms with van der Waals surface area (Å²) in [5, 5.41) is 33.3. The fourth-order valence-electron chi connectivity index (χ4n) is 4.36. The average molecular weight is 553 g/mol. The van der Waals surface area contributed by atoms with Gasteiger partial charge in [-0.2, -0.15) is 13.2 Å². The van der Waals surface area contributed by atoms with Crippen molar-refractivity contribution in [3.8, 4) is 11.1 Å².